The fourth-order valence-electron chi connectivity index (χ4n) is 3.91. The SMILES string of the molecule is CCc1nc2ccn(Cc3ccccc3C(=N)N)c(=O)c2n1Cc1cccc(C(=N)N)c1. The van der Waals surface area contributed by atoms with Gasteiger partial charge in [-0.05, 0) is 23.3 Å². The van der Waals surface area contributed by atoms with E-state index in [-0.39, 0.29) is 17.2 Å². The Hall–Kier alpha value is -4.20. The summed E-state index contributed by atoms with van der Waals surface area (Å²) in [5.41, 5.74) is 15.4. The van der Waals surface area contributed by atoms with Crippen LogP contribution in [0.15, 0.2) is 65.6 Å². The molecule has 0 amide bonds. The van der Waals surface area contributed by atoms with Gasteiger partial charge in [-0.25, -0.2) is 4.98 Å². The Kier molecular flexibility index (Phi) is 5.59. The molecule has 8 heteroatoms. The predicted molar refractivity (Wildman–Crippen MR) is 126 cm³/mol. The molecule has 6 N–H and O–H groups in total. The van der Waals surface area contributed by atoms with Crippen LogP contribution in [-0.4, -0.2) is 25.8 Å². The van der Waals surface area contributed by atoms with E-state index in [0.29, 0.717) is 41.7 Å². The van der Waals surface area contributed by atoms with Gasteiger partial charge in [0.25, 0.3) is 5.56 Å². The first kappa shape index (κ1) is 21.0. The molecule has 32 heavy (non-hydrogen) atoms. The summed E-state index contributed by atoms with van der Waals surface area (Å²) < 4.78 is 3.55. The second kappa shape index (κ2) is 8.50. The summed E-state index contributed by atoms with van der Waals surface area (Å²) in [5, 5.41) is 15.5. The van der Waals surface area contributed by atoms with Gasteiger partial charge in [-0.1, -0.05) is 49.4 Å². The number of fused-ring (bicyclic) bond motifs is 1. The predicted octanol–water partition coefficient (Wildman–Crippen LogP) is 2.43. The number of aromatic nitrogens is 3. The largest absolute Gasteiger partial charge is 0.384 e. The molecular formula is C24H25N7O. The first-order valence-electron chi connectivity index (χ1n) is 10.3. The Morgan fingerprint density at radius 3 is 2.50 bits per heavy atom. The van der Waals surface area contributed by atoms with E-state index in [1.54, 1.807) is 22.9 Å². The summed E-state index contributed by atoms with van der Waals surface area (Å²) in [4.78, 5) is 18.2. The van der Waals surface area contributed by atoms with Gasteiger partial charge in [0, 0.05) is 30.3 Å². The van der Waals surface area contributed by atoms with Gasteiger partial charge in [-0.3, -0.25) is 15.6 Å². The number of nitrogens with zero attached hydrogens (tertiary/aromatic N) is 3. The maximum Gasteiger partial charge on any atom is 0.277 e. The number of rotatable bonds is 7. The smallest absolute Gasteiger partial charge is 0.277 e. The summed E-state index contributed by atoms with van der Waals surface area (Å²) in [5.74, 6) is 0.787. The van der Waals surface area contributed by atoms with Gasteiger partial charge in [0.1, 0.15) is 23.0 Å². The number of benzene rings is 2. The lowest BCUT2D eigenvalue weighted by atomic mass is 10.1. The molecule has 0 aliphatic heterocycles. The van der Waals surface area contributed by atoms with E-state index in [1.165, 1.54) is 0 Å². The van der Waals surface area contributed by atoms with Gasteiger partial charge >= 0.3 is 0 Å². The van der Waals surface area contributed by atoms with E-state index >= 15 is 0 Å². The van der Waals surface area contributed by atoms with Gasteiger partial charge in [0.2, 0.25) is 0 Å². The standard InChI is InChI=1S/C24H25N7O/c1-2-20-29-19-10-11-30(14-17-7-3-4-9-18(17)23(27)28)24(32)21(19)31(20)13-15-6-5-8-16(12-15)22(25)26/h3-12H,2,13-14H2,1H3,(H3,25,26)(H3,27,28). The fraction of sp³-hybridized carbons (Fsp3) is 0.167. The third-order valence-corrected chi connectivity index (χ3v) is 5.49. The molecule has 2 aromatic heterocycles. The molecule has 0 unspecified atom stereocenters. The second-order valence-electron chi connectivity index (χ2n) is 7.64. The van der Waals surface area contributed by atoms with Crippen LogP contribution in [0.2, 0.25) is 0 Å². The van der Waals surface area contributed by atoms with Crippen LogP contribution in [-0.2, 0) is 19.5 Å². The van der Waals surface area contributed by atoms with Gasteiger partial charge in [0.15, 0.2) is 0 Å². The molecular weight excluding hydrogens is 402 g/mol. The quantitative estimate of drug-likeness (QED) is 0.266. The Balaban J connectivity index is 1.81. The number of aryl methyl sites for hydroxylation is 1. The van der Waals surface area contributed by atoms with E-state index < -0.39 is 0 Å². The third kappa shape index (κ3) is 3.90. The number of imidazole rings is 1. The molecule has 2 heterocycles. The normalized spacial score (nSPS) is 11.0. The number of hydrogen-bond donors (Lipinski definition) is 4. The van der Waals surface area contributed by atoms with E-state index in [0.717, 1.165) is 17.0 Å². The van der Waals surface area contributed by atoms with Crippen molar-refractivity contribution in [3.63, 3.8) is 0 Å². The summed E-state index contributed by atoms with van der Waals surface area (Å²) in [7, 11) is 0. The van der Waals surface area contributed by atoms with Crippen LogP contribution in [0.5, 0.6) is 0 Å². The minimum atomic E-state index is -0.157. The van der Waals surface area contributed by atoms with Crippen molar-refractivity contribution in [1.29, 1.82) is 10.8 Å². The number of nitrogens with one attached hydrogen (secondary N) is 2. The first-order chi connectivity index (χ1) is 15.4. The summed E-state index contributed by atoms with van der Waals surface area (Å²) in [6.45, 7) is 2.76. The van der Waals surface area contributed by atoms with Crippen LogP contribution in [0.3, 0.4) is 0 Å². The lowest BCUT2D eigenvalue weighted by Gasteiger charge is -2.12. The Morgan fingerprint density at radius 1 is 1.00 bits per heavy atom. The topological polar surface area (TPSA) is 140 Å². The van der Waals surface area contributed by atoms with Crippen molar-refractivity contribution in [1.82, 2.24) is 14.1 Å². The van der Waals surface area contributed by atoms with Crippen molar-refractivity contribution in [2.24, 2.45) is 11.5 Å². The Morgan fingerprint density at radius 2 is 1.78 bits per heavy atom. The second-order valence-corrected chi connectivity index (χ2v) is 7.64. The first-order valence-corrected chi connectivity index (χ1v) is 10.3. The molecule has 0 aliphatic carbocycles. The van der Waals surface area contributed by atoms with Gasteiger partial charge < -0.3 is 20.6 Å². The third-order valence-electron chi connectivity index (χ3n) is 5.49. The van der Waals surface area contributed by atoms with Crippen molar-refractivity contribution in [3.8, 4) is 0 Å². The number of nitrogen functional groups attached to an aromatic ring is 2. The monoisotopic (exact) mass is 427 g/mol. The van der Waals surface area contributed by atoms with E-state index in [4.69, 9.17) is 22.3 Å². The van der Waals surface area contributed by atoms with Crippen molar-refractivity contribution < 1.29 is 0 Å². The zero-order valence-electron chi connectivity index (χ0n) is 17.8. The van der Waals surface area contributed by atoms with Crippen LogP contribution in [0.4, 0.5) is 0 Å². The van der Waals surface area contributed by atoms with E-state index in [9.17, 15) is 4.79 Å². The molecule has 0 saturated heterocycles. The Bertz CT molecular complexity index is 1400. The van der Waals surface area contributed by atoms with Crippen LogP contribution >= 0.6 is 0 Å². The van der Waals surface area contributed by atoms with Crippen molar-refractivity contribution in [2.45, 2.75) is 26.4 Å². The average Bonchev–Trinajstić information content (AvgIpc) is 3.14. The Labute approximate surface area is 185 Å². The maximum atomic E-state index is 13.5. The number of pyridine rings is 1. The fourth-order valence-corrected chi connectivity index (χ4v) is 3.91. The van der Waals surface area contributed by atoms with Crippen LogP contribution < -0.4 is 17.0 Å². The molecule has 0 fully saturated rings. The van der Waals surface area contributed by atoms with Crippen molar-refractivity contribution in [3.05, 3.63) is 99.2 Å². The molecule has 4 aromatic rings. The highest BCUT2D eigenvalue weighted by molar-refractivity contribution is 5.96. The molecule has 4 rings (SSSR count). The summed E-state index contributed by atoms with van der Waals surface area (Å²) >= 11 is 0. The lowest BCUT2D eigenvalue weighted by molar-refractivity contribution is 0.728. The average molecular weight is 428 g/mol. The molecule has 0 spiro atoms. The van der Waals surface area contributed by atoms with E-state index in [2.05, 4.69) is 4.98 Å². The van der Waals surface area contributed by atoms with Crippen molar-refractivity contribution >= 4 is 22.7 Å². The maximum absolute atomic E-state index is 13.5. The molecule has 2 aromatic carbocycles. The minimum absolute atomic E-state index is 0.00421. The number of hydrogen-bond acceptors (Lipinski definition) is 4. The molecule has 0 radical (unpaired) electrons. The zero-order valence-corrected chi connectivity index (χ0v) is 17.8. The van der Waals surface area contributed by atoms with Crippen LogP contribution in [0.1, 0.15) is 35.0 Å². The number of amidine groups is 2. The van der Waals surface area contributed by atoms with Gasteiger partial charge in [-0.2, -0.15) is 0 Å². The van der Waals surface area contributed by atoms with Gasteiger partial charge in [0.05, 0.1) is 12.1 Å². The molecule has 8 nitrogen and oxygen atoms in total. The number of nitrogens with two attached hydrogens (primary N) is 2. The zero-order chi connectivity index (χ0) is 22.8. The van der Waals surface area contributed by atoms with Crippen LogP contribution in [0, 0.1) is 10.8 Å². The molecule has 162 valence electrons. The highest BCUT2D eigenvalue weighted by Crippen LogP contribution is 2.17. The molecule has 0 atom stereocenters. The highest BCUT2D eigenvalue weighted by atomic mass is 16.1. The lowest BCUT2D eigenvalue weighted by Crippen LogP contribution is -2.24. The highest BCUT2D eigenvalue weighted by Gasteiger charge is 2.16. The molecule has 0 aliphatic rings. The summed E-state index contributed by atoms with van der Waals surface area (Å²) in [6.07, 6.45) is 2.41. The van der Waals surface area contributed by atoms with Crippen molar-refractivity contribution in [2.75, 3.05) is 0 Å². The molecule has 0 bridgehead atoms. The summed E-state index contributed by atoms with van der Waals surface area (Å²) in [6, 6.07) is 16.6. The molecule has 0 saturated carbocycles. The van der Waals surface area contributed by atoms with Crippen LogP contribution in [0.25, 0.3) is 11.0 Å². The van der Waals surface area contributed by atoms with E-state index in [1.807, 2.05) is 54.0 Å². The van der Waals surface area contributed by atoms with Gasteiger partial charge in [-0.15, -0.1) is 0 Å². The minimum Gasteiger partial charge on any atom is -0.384 e.